The number of hydrogen-bond donors (Lipinski definition) is 0. The smallest absolute Gasteiger partial charge is 0.141 e. The van der Waals surface area contributed by atoms with Gasteiger partial charge < -0.3 is 14.0 Å². The molecule has 69 heavy (non-hydrogen) atoms. The molecule has 0 saturated carbocycles. The normalized spacial score (nSPS) is 12.2. The summed E-state index contributed by atoms with van der Waals surface area (Å²) in [6, 6.07) is 50.0. The summed E-state index contributed by atoms with van der Waals surface area (Å²) >= 11 is -1.87. The summed E-state index contributed by atoms with van der Waals surface area (Å²) in [7, 11) is 0. The van der Waals surface area contributed by atoms with Crippen LogP contribution in [0.3, 0.4) is 0 Å². The molecule has 1 unspecified atom stereocenters. The van der Waals surface area contributed by atoms with Crippen LogP contribution in [0.15, 0.2) is 144 Å². The number of nitrogens with zero attached hydrogens (tertiary/aromatic N) is 5. The second-order valence-electron chi connectivity index (χ2n) is 20.4. The summed E-state index contributed by atoms with van der Waals surface area (Å²) < 4.78 is 10.00. The summed E-state index contributed by atoms with van der Waals surface area (Å²) in [6.45, 7) is 17.6. The molecule has 0 saturated heterocycles. The molecular formula is C61H61GeIrN5O-2. The largest absolute Gasteiger partial charge is 0.483 e. The molecule has 5 heterocycles. The van der Waals surface area contributed by atoms with Gasteiger partial charge in [0, 0.05) is 42.3 Å². The number of aryl methyl sites for hydroxylation is 3. The van der Waals surface area contributed by atoms with E-state index in [2.05, 4.69) is 198 Å². The molecule has 10 aromatic rings. The van der Waals surface area contributed by atoms with E-state index in [9.17, 15) is 0 Å². The van der Waals surface area contributed by atoms with E-state index in [4.69, 9.17) is 24.4 Å². The third-order valence-corrected chi connectivity index (χ3v) is 17.4. The van der Waals surface area contributed by atoms with Crippen molar-refractivity contribution < 1.29 is 24.5 Å². The van der Waals surface area contributed by atoms with Crippen LogP contribution in [0.1, 0.15) is 69.1 Å². The molecule has 0 bridgehead atoms. The average molecular weight is 1150 g/mol. The van der Waals surface area contributed by atoms with Gasteiger partial charge in [0.25, 0.3) is 0 Å². The van der Waals surface area contributed by atoms with Crippen LogP contribution in [0, 0.1) is 39.0 Å². The van der Waals surface area contributed by atoms with Gasteiger partial charge in [-0.25, -0.2) is 0 Å². The number of aromatic nitrogens is 5. The summed E-state index contributed by atoms with van der Waals surface area (Å²) in [5.41, 5.74) is 17.4. The third kappa shape index (κ3) is 10.2. The number of pyridine rings is 3. The van der Waals surface area contributed by atoms with E-state index >= 15 is 0 Å². The van der Waals surface area contributed by atoms with E-state index in [0.717, 1.165) is 107 Å². The zero-order valence-electron chi connectivity index (χ0n) is 41.7. The van der Waals surface area contributed by atoms with Crippen molar-refractivity contribution in [2.75, 3.05) is 0 Å². The van der Waals surface area contributed by atoms with Gasteiger partial charge in [0.1, 0.15) is 11.3 Å². The molecule has 0 spiro atoms. The van der Waals surface area contributed by atoms with Gasteiger partial charge in [-0.2, -0.15) is 0 Å². The number of furan rings is 1. The first-order valence-corrected chi connectivity index (χ1v) is 31.3. The quantitative estimate of drug-likeness (QED) is 0.106. The maximum absolute atomic E-state index is 6.15. The second kappa shape index (κ2) is 20.2. The fraction of sp³-hybridized carbons (Fsp3) is 0.246. The minimum atomic E-state index is -1.87. The topological polar surface area (TPSA) is 69.6 Å². The fourth-order valence-corrected chi connectivity index (χ4v) is 12.7. The van der Waals surface area contributed by atoms with Gasteiger partial charge in [-0.3, -0.25) is 9.97 Å². The Labute approximate surface area is 424 Å². The van der Waals surface area contributed by atoms with Crippen molar-refractivity contribution in [3.8, 4) is 50.6 Å². The van der Waals surface area contributed by atoms with E-state index in [1.165, 1.54) is 17.5 Å². The van der Waals surface area contributed by atoms with Crippen molar-refractivity contribution >= 4 is 50.8 Å². The molecule has 5 aromatic heterocycles. The van der Waals surface area contributed by atoms with Crippen molar-refractivity contribution in [2.24, 2.45) is 5.92 Å². The maximum atomic E-state index is 6.15. The van der Waals surface area contributed by atoms with Crippen LogP contribution in [0.2, 0.25) is 17.3 Å². The van der Waals surface area contributed by atoms with E-state index in [1.54, 1.807) is 4.40 Å². The van der Waals surface area contributed by atoms with Crippen molar-refractivity contribution in [1.29, 1.82) is 0 Å². The van der Waals surface area contributed by atoms with Crippen LogP contribution in [-0.4, -0.2) is 37.8 Å². The minimum absolute atomic E-state index is 0. The van der Waals surface area contributed by atoms with Gasteiger partial charge >= 0.3 is 132 Å². The van der Waals surface area contributed by atoms with Crippen LogP contribution in [0.4, 0.5) is 0 Å². The van der Waals surface area contributed by atoms with Crippen molar-refractivity contribution in [1.82, 2.24) is 24.5 Å². The molecule has 0 amide bonds. The standard InChI is InChI=1S/C42H35N4O.C19H26GeN.Ir/c1-25-14-13-19-36-37(25)34-21-30(24-43-41(34)47-36)40-45-35-20-26(2)44-27(3)38(35)46(40)39-32(28-15-9-7-10-16-28)22-31(42(4,5)6)23-33(39)29-17-11-8-12-18-29;1-6-15(2)12-17-13-19(16-10-8-7-9-11-16)21-14-18(17)20(3,4)5;/h7-23H,1-6H3;7-10,13-15H,6,12H2,1-5H3;/q2*-1;. The SMILES string of the molecule is CCC(C)Cc1cc(-c2[c-]cccc2)nc[c]1[Ge]([CH3])([CH3])[CH3].Cc1cc2nc(-c3[c-]nc4oc5cccc(C)c5c4c3)n(-c3c(-c4ccccc4)cc(C(C)(C)C)cc3-c3ccccc3)c2c(C)n1.[Ir]. The number of benzene rings is 5. The molecule has 0 aliphatic carbocycles. The molecule has 1 radical (unpaired) electrons. The first kappa shape index (κ1) is 49.4. The molecule has 0 fully saturated rings. The number of imidazole rings is 1. The van der Waals surface area contributed by atoms with Crippen molar-refractivity contribution in [3.63, 3.8) is 0 Å². The van der Waals surface area contributed by atoms with Gasteiger partial charge in [0.15, 0.2) is 0 Å². The molecule has 6 nitrogen and oxygen atoms in total. The van der Waals surface area contributed by atoms with Crippen LogP contribution in [-0.2, 0) is 31.9 Å². The van der Waals surface area contributed by atoms with Gasteiger partial charge in [-0.1, -0.05) is 99.1 Å². The minimum Gasteiger partial charge on any atom is -0.483 e. The van der Waals surface area contributed by atoms with Gasteiger partial charge in [-0.05, 0) is 84.3 Å². The Morgan fingerprint density at radius 3 is 2.03 bits per heavy atom. The molecule has 0 aliphatic heterocycles. The molecule has 0 aliphatic rings. The predicted octanol–water partition coefficient (Wildman–Crippen LogP) is 15.4. The predicted molar refractivity (Wildman–Crippen MR) is 287 cm³/mol. The van der Waals surface area contributed by atoms with Crippen LogP contribution >= 0.6 is 0 Å². The number of rotatable bonds is 9. The molecule has 5 aromatic carbocycles. The molecule has 8 heteroatoms. The van der Waals surface area contributed by atoms with E-state index < -0.39 is 13.3 Å². The molecule has 1 atom stereocenters. The van der Waals surface area contributed by atoms with Crippen LogP contribution < -0.4 is 4.40 Å². The van der Waals surface area contributed by atoms with E-state index in [0.29, 0.717) is 5.71 Å². The second-order valence-corrected chi connectivity index (χ2v) is 31.0. The Morgan fingerprint density at radius 2 is 1.42 bits per heavy atom. The Morgan fingerprint density at radius 1 is 0.754 bits per heavy atom. The van der Waals surface area contributed by atoms with Crippen LogP contribution in [0.5, 0.6) is 0 Å². The van der Waals surface area contributed by atoms with Gasteiger partial charge in [-0.15, -0.1) is 6.07 Å². The molecule has 10 rings (SSSR count). The molecule has 351 valence electrons. The number of fused-ring (bicyclic) bond motifs is 4. The Balaban J connectivity index is 0.000000246. The fourth-order valence-electron chi connectivity index (χ4n) is 9.33. The Bertz CT molecular complexity index is 3360. The number of hydrogen-bond acceptors (Lipinski definition) is 5. The summed E-state index contributed by atoms with van der Waals surface area (Å²) in [6.07, 6.45) is 7.86. The average Bonchev–Trinajstić information content (AvgIpc) is 3.90. The van der Waals surface area contributed by atoms with Crippen molar-refractivity contribution in [2.45, 2.75) is 90.9 Å². The maximum Gasteiger partial charge on any atom is 0.141 e. The van der Waals surface area contributed by atoms with Gasteiger partial charge in [0.05, 0.1) is 28.2 Å². The first-order valence-electron chi connectivity index (χ1n) is 23.9. The molecular weight excluding hydrogens is 1080 g/mol. The van der Waals surface area contributed by atoms with E-state index in [-0.39, 0.29) is 25.5 Å². The first-order chi connectivity index (χ1) is 32.6. The summed E-state index contributed by atoms with van der Waals surface area (Å²) in [5, 5.41) is 2.01. The van der Waals surface area contributed by atoms with E-state index in [1.807, 2.05) is 31.2 Å². The zero-order valence-corrected chi connectivity index (χ0v) is 46.2. The van der Waals surface area contributed by atoms with Crippen molar-refractivity contribution in [3.05, 3.63) is 180 Å². The van der Waals surface area contributed by atoms with Crippen LogP contribution in [0.25, 0.3) is 83.7 Å². The Kier molecular flexibility index (Phi) is 14.4. The van der Waals surface area contributed by atoms with Gasteiger partial charge in [0.2, 0.25) is 0 Å². The Hall–Kier alpha value is -5.99. The summed E-state index contributed by atoms with van der Waals surface area (Å²) in [4.78, 5) is 19.7. The summed E-state index contributed by atoms with van der Waals surface area (Å²) in [5.74, 6) is 8.83. The zero-order chi connectivity index (χ0) is 47.9. The molecule has 0 N–H and O–H groups in total. The third-order valence-electron chi connectivity index (χ3n) is 13.1. The monoisotopic (exact) mass is 1150 g/mol.